The molecule has 0 aliphatic rings. The monoisotopic (exact) mass is 106 g/mol. The zero-order chi connectivity index (χ0) is 0. The first-order chi connectivity index (χ1) is 0. The van der Waals surface area contributed by atoms with Gasteiger partial charge in [0.2, 0.25) is 0 Å². The molecule has 4 heteroatoms. The van der Waals surface area contributed by atoms with E-state index in [0.29, 0.717) is 0 Å². The molecule has 4 heavy (non-hydrogen) atoms. The molecule has 0 fully saturated rings. The van der Waals surface area contributed by atoms with Gasteiger partial charge in [0.15, 0.2) is 0 Å². The average molecular weight is 106 g/mol. The Morgan fingerprint density at radius 3 is 1.00 bits per heavy atom. The van der Waals surface area contributed by atoms with Crippen molar-refractivity contribution in [3.63, 3.8) is 0 Å². The molecule has 0 N–H and O–H groups in total. The predicted molar refractivity (Wildman–Crippen MR) is 34.2 cm³/mol. The van der Waals surface area contributed by atoms with E-state index in [-0.39, 0.29) is 98.8 Å². The standard InChI is InChI=1S/BH3.Ca.Mg.Na.5H/h1H3;;;;;;;;. The third-order valence-electron chi connectivity index (χ3n) is 0. The van der Waals surface area contributed by atoms with Gasteiger partial charge in [0.05, 0.1) is 8.41 Å². The molecular weight excluding hydrogens is 98.2 g/mol. The van der Waals surface area contributed by atoms with Gasteiger partial charge in [0.25, 0.3) is 0 Å². The fraction of sp³-hybridized carbons (Fsp3) is 0. The van der Waals surface area contributed by atoms with Crippen LogP contribution in [0.2, 0.25) is 0 Å². The molecular formula is H8BCaMgNa. The summed E-state index contributed by atoms with van der Waals surface area (Å²) in [5, 5.41) is 0. The van der Waals surface area contributed by atoms with Gasteiger partial charge in [-0.05, 0) is 0 Å². The Hall–Kier alpha value is 3.09. The van der Waals surface area contributed by atoms with Crippen LogP contribution in [0.1, 0.15) is 0 Å². The summed E-state index contributed by atoms with van der Waals surface area (Å²) < 4.78 is 0. The van der Waals surface area contributed by atoms with Crippen LogP contribution >= 0.6 is 0 Å². The van der Waals surface area contributed by atoms with Crippen molar-refractivity contribution in [2.45, 2.75) is 0 Å². The topological polar surface area (TPSA) is 0 Å². The van der Waals surface area contributed by atoms with Crippen LogP contribution in [0.4, 0.5) is 0 Å². The summed E-state index contributed by atoms with van der Waals surface area (Å²) >= 11 is 0. The van der Waals surface area contributed by atoms with Crippen molar-refractivity contribution < 1.29 is 0 Å². The molecule has 0 spiro atoms. The first-order valence-electron chi connectivity index (χ1n) is 0. The molecule has 0 radical (unpaired) electrons. The van der Waals surface area contributed by atoms with Gasteiger partial charge in [0.1, 0.15) is 0 Å². The Bertz CT molecular complexity index is 8.00. The second kappa shape index (κ2) is 16.5. The van der Waals surface area contributed by atoms with Crippen molar-refractivity contribution in [3.8, 4) is 0 Å². The van der Waals surface area contributed by atoms with E-state index in [1.165, 1.54) is 0 Å². The van der Waals surface area contributed by atoms with E-state index in [0.717, 1.165) is 0 Å². The average Bonchev–Trinajstić information content (AvgIpc) is 0. The third kappa shape index (κ3) is 8.92. The SMILES string of the molecule is B.[CaH2].[MgH2].[NaH]. The van der Waals surface area contributed by atoms with Crippen molar-refractivity contribution in [2.75, 3.05) is 0 Å². The fourth-order valence-corrected chi connectivity index (χ4v) is 0. The van der Waals surface area contributed by atoms with E-state index in [1.807, 2.05) is 0 Å². The summed E-state index contributed by atoms with van der Waals surface area (Å²) in [7, 11) is 0. The second-order valence-electron chi connectivity index (χ2n) is 0. The Morgan fingerprint density at radius 2 is 1.00 bits per heavy atom. The molecule has 0 aromatic rings. The Labute approximate surface area is 96.5 Å². The van der Waals surface area contributed by atoms with E-state index in [2.05, 4.69) is 0 Å². The van der Waals surface area contributed by atoms with Gasteiger partial charge < -0.3 is 0 Å². The summed E-state index contributed by atoms with van der Waals surface area (Å²) in [4.78, 5) is 0. The van der Waals surface area contributed by atoms with Crippen molar-refractivity contribution in [1.82, 2.24) is 0 Å². The van der Waals surface area contributed by atoms with Crippen LogP contribution in [-0.4, -0.2) is 98.8 Å². The van der Waals surface area contributed by atoms with Gasteiger partial charge in [-0.15, -0.1) is 0 Å². The summed E-state index contributed by atoms with van der Waals surface area (Å²) in [6, 6.07) is 0. The van der Waals surface area contributed by atoms with Gasteiger partial charge in [-0.25, -0.2) is 0 Å². The molecule has 0 aromatic heterocycles. The Morgan fingerprint density at radius 1 is 1.00 bits per heavy atom. The van der Waals surface area contributed by atoms with Crippen LogP contribution in [0.15, 0.2) is 0 Å². The van der Waals surface area contributed by atoms with Crippen molar-refractivity contribution >= 4 is 98.8 Å². The van der Waals surface area contributed by atoms with Gasteiger partial charge in [-0.2, -0.15) is 0 Å². The number of rotatable bonds is 0. The minimum atomic E-state index is 0. The molecule has 0 saturated heterocycles. The van der Waals surface area contributed by atoms with Crippen LogP contribution in [0.5, 0.6) is 0 Å². The summed E-state index contributed by atoms with van der Waals surface area (Å²) in [5.41, 5.74) is 0. The summed E-state index contributed by atoms with van der Waals surface area (Å²) in [5.74, 6) is 0. The molecule has 0 aliphatic heterocycles. The molecule has 0 nitrogen and oxygen atoms in total. The quantitative estimate of drug-likeness (QED) is 0.279. The van der Waals surface area contributed by atoms with E-state index < -0.39 is 0 Å². The van der Waals surface area contributed by atoms with Crippen molar-refractivity contribution in [1.29, 1.82) is 0 Å². The molecule has 16 valence electrons. The molecule has 0 unspecified atom stereocenters. The molecule has 0 saturated carbocycles. The van der Waals surface area contributed by atoms with Gasteiger partial charge >= 0.3 is 90.3 Å². The molecule has 0 aliphatic carbocycles. The first-order valence-corrected chi connectivity index (χ1v) is 0. The van der Waals surface area contributed by atoms with E-state index in [9.17, 15) is 0 Å². The fourth-order valence-electron chi connectivity index (χ4n) is 0. The zero-order valence-corrected chi connectivity index (χ0v) is 0. The van der Waals surface area contributed by atoms with Gasteiger partial charge in [0, 0.05) is 0 Å². The van der Waals surface area contributed by atoms with E-state index in [4.69, 9.17) is 0 Å². The maximum absolute atomic E-state index is 0. The molecule has 0 atom stereocenters. The van der Waals surface area contributed by atoms with E-state index >= 15 is 0 Å². The van der Waals surface area contributed by atoms with Crippen LogP contribution < -0.4 is 0 Å². The zero-order valence-electron chi connectivity index (χ0n) is 0. The predicted octanol–water partition coefficient (Wildman–Crippen LogP) is -3.66. The van der Waals surface area contributed by atoms with Crippen molar-refractivity contribution in [3.05, 3.63) is 0 Å². The second-order valence-corrected chi connectivity index (χ2v) is 0. The van der Waals surface area contributed by atoms with Gasteiger partial charge in [-0.3, -0.25) is 0 Å². The van der Waals surface area contributed by atoms with Crippen LogP contribution in [0, 0.1) is 0 Å². The molecule has 0 rings (SSSR count). The number of hydrogen-bond acceptors (Lipinski definition) is 0. The molecule has 0 bridgehead atoms. The number of hydrogen-bond donors (Lipinski definition) is 0. The van der Waals surface area contributed by atoms with Gasteiger partial charge in [-0.1, -0.05) is 0 Å². The Balaban J connectivity index is 0. The van der Waals surface area contributed by atoms with Crippen molar-refractivity contribution in [2.24, 2.45) is 0 Å². The van der Waals surface area contributed by atoms with Crippen LogP contribution in [0.3, 0.4) is 0 Å². The summed E-state index contributed by atoms with van der Waals surface area (Å²) in [6.45, 7) is 0. The minimum absolute atomic E-state index is 0. The maximum atomic E-state index is 0. The van der Waals surface area contributed by atoms with Crippen LogP contribution in [0.25, 0.3) is 0 Å². The summed E-state index contributed by atoms with van der Waals surface area (Å²) in [6.07, 6.45) is 0. The van der Waals surface area contributed by atoms with Crippen LogP contribution in [-0.2, 0) is 0 Å². The normalized spacial score (nSPS) is 0. The Kier molecular flexibility index (Phi) is 114. The third-order valence-corrected chi connectivity index (χ3v) is 0. The molecule has 0 heterocycles. The first kappa shape index (κ1) is 27.5. The molecule has 0 amide bonds. The van der Waals surface area contributed by atoms with E-state index in [1.54, 1.807) is 0 Å². The molecule has 0 aromatic carbocycles.